The van der Waals surface area contributed by atoms with Gasteiger partial charge >= 0.3 is 0 Å². The summed E-state index contributed by atoms with van der Waals surface area (Å²) in [5.74, 6) is 1.08. The Labute approximate surface area is 196 Å². The van der Waals surface area contributed by atoms with Crippen molar-refractivity contribution in [3.8, 4) is 17.6 Å². The molecule has 0 heterocycles. The van der Waals surface area contributed by atoms with Crippen molar-refractivity contribution in [1.29, 1.82) is 5.26 Å². The molecule has 156 valence electrons. The summed E-state index contributed by atoms with van der Waals surface area (Å²) in [7, 11) is 1.55. The second kappa shape index (κ2) is 10.2. The summed E-state index contributed by atoms with van der Waals surface area (Å²) >= 11 is 6.93. The van der Waals surface area contributed by atoms with Crippen molar-refractivity contribution in [1.82, 2.24) is 0 Å². The molecule has 3 rings (SSSR count). The van der Waals surface area contributed by atoms with Gasteiger partial charge in [-0.25, -0.2) is 0 Å². The Morgan fingerprint density at radius 2 is 1.77 bits per heavy atom. The maximum atomic E-state index is 10.8. The van der Waals surface area contributed by atoms with Crippen molar-refractivity contribution < 1.29 is 14.4 Å². The monoisotopic (exact) mass is 542 g/mol. The molecule has 31 heavy (non-hydrogen) atoms. The standard InChI is InChI=1S/C23H16Br2N2O4/c1-30-22-11-17(10-18(13-26)16-4-8-20(9-5-16)27(28)29)21(25)12-23(22)31-14-15-2-6-19(24)7-3-15/h2-12H,14H2,1H3/b18-10-. The lowest BCUT2D eigenvalue weighted by atomic mass is 10.0. The summed E-state index contributed by atoms with van der Waals surface area (Å²) in [4.78, 5) is 10.4. The predicted octanol–water partition coefficient (Wildman–Crippen LogP) is 6.77. The smallest absolute Gasteiger partial charge is 0.269 e. The van der Waals surface area contributed by atoms with E-state index in [9.17, 15) is 15.4 Å². The Morgan fingerprint density at radius 3 is 2.35 bits per heavy atom. The van der Waals surface area contributed by atoms with Gasteiger partial charge in [0.25, 0.3) is 5.69 Å². The van der Waals surface area contributed by atoms with E-state index in [0.29, 0.717) is 39.3 Å². The van der Waals surface area contributed by atoms with Gasteiger partial charge < -0.3 is 9.47 Å². The van der Waals surface area contributed by atoms with Crippen LogP contribution in [0.15, 0.2) is 69.6 Å². The van der Waals surface area contributed by atoms with Crippen LogP contribution >= 0.6 is 31.9 Å². The number of allylic oxidation sites excluding steroid dienone is 1. The number of non-ortho nitro benzene ring substituents is 1. The van der Waals surface area contributed by atoms with E-state index in [1.807, 2.05) is 24.3 Å². The third-order valence-corrected chi connectivity index (χ3v) is 5.62. The van der Waals surface area contributed by atoms with Gasteiger partial charge in [-0.15, -0.1) is 0 Å². The molecule has 6 nitrogen and oxygen atoms in total. The van der Waals surface area contributed by atoms with E-state index >= 15 is 0 Å². The zero-order chi connectivity index (χ0) is 22.4. The van der Waals surface area contributed by atoms with Gasteiger partial charge in [0, 0.05) is 21.1 Å². The van der Waals surface area contributed by atoms with Crippen molar-refractivity contribution in [2.45, 2.75) is 6.61 Å². The molecule has 0 saturated heterocycles. The molecule has 0 fully saturated rings. The van der Waals surface area contributed by atoms with Crippen LogP contribution in [0.3, 0.4) is 0 Å². The van der Waals surface area contributed by atoms with Crippen LogP contribution in [0.4, 0.5) is 5.69 Å². The molecule has 0 atom stereocenters. The highest BCUT2D eigenvalue weighted by molar-refractivity contribution is 9.10. The number of hydrogen-bond donors (Lipinski definition) is 0. The quantitative estimate of drug-likeness (QED) is 0.142. The molecule has 3 aromatic carbocycles. The molecule has 0 aromatic heterocycles. The highest BCUT2D eigenvalue weighted by Crippen LogP contribution is 2.36. The number of benzene rings is 3. The van der Waals surface area contributed by atoms with E-state index in [2.05, 4.69) is 37.9 Å². The predicted molar refractivity (Wildman–Crippen MR) is 126 cm³/mol. The van der Waals surface area contributed by atoms with Crippen LogP contribution in [-0.2, 0) is 6.61 Å². The second-order valence-corrected chi connectivity index (χ2v) is 8.18. The molecule has 0 spiro atoms. The van der Waals surface area contributed by atoms with Crippen LogP contribution in [0.25, 0.3) is 11.6 Å². The van der Waals surface area contributed by atoms with Gasteiger partial charge in [0.1, 0.15) is 6.61 Å². The average Bonchev–Trinajstić information content (AvgIpc) is 2.78. The molecule has 8 heteroatoms. The highest BCUT2D eigenvalue weighted by atomic mass is 79.9. The van der Waals surface area contributed by atoms with Gasteiger partial charge in [0.2, 0.25) is 0 Å². The highest BCUT2D eigenvalue weighted by Gasteiger charge is 2.12. The molecule has 0 bridgehead atoms. The molecule has 0 aliphatic rings. The maximum absolute atomic E-state index is 10.8. The Morgan fingerprint density at radius 1 is 1.10 bits per heavy atom. The lowest BCUT2D eigenvalue weighted by Gasteiger charge is -2.13. The zero-order valence-corrected chi connectivity index (χ0v) is 19.5. The number of nitrogens with zero attached hydrogens (tertiary/aromatic N) is 2. The molecule has 0 aliphatic carbocycles. The van der Waals surface area contributed by atoms with Crippen molar-refractivity contribution in [3.63, 3.8) is 0 Å². The van der Waals surface area contributed by atoms with E-state index < -0.39 is 4.92 Å². The normalized spacial score (nSPS) is 11.0. The molecule has 3 aromatic rings. The SMILES string of the molecule is COc1cc(/C=C(/C#N)c2ccc([N+](=O)[O-])cc2)c(Br)cc1OCc1ccc(Br)cc1. The minimum absolute atomic E-state index is 0.0313. The van der Waals surface area contributed by atoms with Crippen molar-refractivity contribution in [3.05, 3.63) is 96.4 Å². The minimum atomic E-state index is -0.478. The van der Waals surface area contributed by atoms with Crippen molar-refractivity contribution in [2.24, 2.45) is 0 Å². The third-order valence-electron chi connectivity index (χ3n) is 4.40. The number of ether oxygens (including phenoxy) is 2. The Kier molecular flexibility index (Phi) is 7.45. The first-order valence-electron chi connectivity index (χ1n) is 9.02. The first kappa shape index (κ1) is 22.5. The lowest BCUT2D eigenvalue weighted by molar-refractivity contribution is -0.384. The van der Waals surface area contributed by atoms with E-state index in [1.54, 1.807) is 37.5 Å². The van der Waals surface area contributed by atoms with Crippen LogP contribution < -0.4 is 9.47 Å². The third kappa shape index (κ3) is 5.72. The largest absolute Gasteiger partial charge is 0.493 e. The van der Waals surface area contributed by atoms with Gasteiger partial charge in [-0.1, -0.05) is 44.0 Å². The molecular formula is C23H16Br2N2O4. The lowest BCUT2D eigenvalue weighted by Crippen LogP contribution is -1.98. The number of nitro groups is 1. The number of nitro benzene ring substituents is 1. The second-order valence-electron chi connectivity index (χ2n) is 6.41. The molecule has 0 saturated carbocycles. The van der Waals surface area contributed by atoms with E-state index in [4.69, 9.17) is 9.47 Å². The molecular weight excluding hydrogens is 528 g/mol. The topological polar surface area (TPSA) is 85.4 Å². The van der Waals surface area contributed by atoms with Gasteiger partial charge in [-0.2, -0.15) is 5.26 Å². The fourth-order valence-corrected chi connectivity index (χ4v) is 3.48. The summed E-state index contributed by atoms with van der Waals surface area (Å²) in [6.07, 6.45) is 1.69. The Hall–Kier alpha value is -3.15. The Bertz CT molecular complexity index is 1170. The van der Waals surface area contributed by atoms with E-state index in [-0.39, 0.29) is 5.69 Å². The van der Waals surface area contributed by atoms with Crippen LogP contribution in [0, 0.1) is 21.4 Å². The van der Waals surface area contributed by atoms with E-state index in [1.165, 1.54) is 12.1 Å². The molecule has 0 N–H and O–H groups in total. The first-order chi connectivity index (χ1) is 14.9. The van der Waals surface area contributed by atoms with Gasteiger partial charge in [-0.3, -0.25) is 10.1 Å². The maximum Gasteiger partial charge on any atom is 0.269 e. The molecule has 0 radical (unpaired) electrons. The van der Waals surface area contributed by atoms with Crippen LogP contribution in [0.1, 0.15) is 16.7 Å². The van der Waals surface area contributed by atoms with E-state index in [0.717, 1.165) is 10.0 Å². The summed E-state index contributed by atoms with van der Waals surface area (Å²) in [5, 5.41) is 20.4. The summed E-state index contributed by atoms with van der Waals surface area (Å²) in [5.41, 5.74) is 2.63. The van der Waals surface area contributed by atoms with Gasteiger partial charge in [-0.05, 0) is 59.2 Å². The minimum Gasteiger partial charge on any atom is -0.493 e. The fraction of sp³-hybridized carbons (Fsp3) is 0.0870. The van der Waals surface area contributed by atoms with Crippen LogP contribution in [0.5, 0.6) is 11.5 Å². The summed E-state index contributed by atoms with van der Waals surface area (Å²) < 4.78 is 13.1. The van der Waals surface area contributed by atoms with Crippen molar-refractivity contribution >= 4 is 49.2 Å². The zero-order valence-electron chi connectivity index (χ0n) is 16.3. The fourth-order valence-electron chi connectivity index (χ4n) is 2.77. The number of hydrogen-bond acceptors (Lipinski definition) is 5. The van der Waals surface area contributed by atoms with Gasteiger partial charge in [0.05, 0.1) is 23.7 Å². The average molecular weight is 544 g/mol. The number of nitriles is 1. The van der Waals surface area contributed by atoms with Crippen LogP contribution in [-0.4, -0.2) is 12.0 Å². The number of methoxy groups -OCH3 is 1. The molecule has 0 amide bonds. The molecule has 0 unspecified atom stereocenters. The summed E-state index contributed by atoms with van der Waals surface area (Å²) in [6, 6.07) is 19.4. The number of halogens is 2. The van der Waals surface area contributed by atoms with Crippen LogP contribution in [0.2, 0.25) is 0 Å². The Balaban J connectivity index is 1.87. The van der Waals surface area contributed by atoms with Gasteiger partial charge in [0.15, 0.2) is 11.5 Å². The summed E-state index contributed by atoms with van der Waals surface area (Å²) in [6.45, 7) is 0.373. The number of rotatable bonds is 7. The molecule has 0 aliphatic heterocycles. The first-order valence-corrected chi connectivity index (χ1v) is 10.6. The van der Waals surface area contributed by atoms with Crippen molar-refractivity contribution in [2.75, 3.05) is 7.11 Å².